The number of hydrogen-bond acceptors (Lipinski definition) is 6. The molecule has 6 aromatic carbocycles. The Morgan fingerprint density at radius 1 is 0.402 bits per heavy atom. The quantitative estimate of drug-likeness (QED) is 0.109. The van der Waals surface area contributed by atoms with Gasteiger partial charge in [0.25, 0.3) is 0 Å². The van der Waals surface area contributed by atoms with Crippen molar-refractivity contribution >= 4 is 75.3 Å². The van der Waals surface area contributed by atoms with Crippen molar-refractivity contribution in [1.29, 1.82) is 0 Å². The average Bonchev–Trinajstić information content (AvgIpc) is 2.90. The van der Waals surface area contributed by atoms with Gasteiger partial charge in [-0.2, -0.15) is 0 Å². The van der Waals surface area contributed by atoms with Crippen LogP contribution in [0.2, 0.25) is 10.0 Å². The summed E-state index contributed by atoms with van der Waals surface area (Å²) in [7, 11) is -7.41. The molecule has 1 N–H and O–H groups in total. The molecule has 0 heterocycles. The lowest BCUT2D eigenvalue weighted by atomic mass is 9.81. The molecule has 0 unspecified atom stereocenters. The summed E-state index contributed by atoms with van der Waals surface area (Å²) in [6.07, 6.45) is -1.27. The van der Waals surface area contributed by atoms with E-state index in [4.69, 9.17) is 32.7 Å². The number of aromatic hydroxyl groups is 1. The lowest BCUT2D eigenvalue weighted by Crippen LogP contribution is -2.34. The number of rotatable bonds is 10. The first-order chi connectivity index (χ1) is 37.0. The fourth-order valence-electron chi connectivity index (χ4n) is 10.1. The predicted octanol–water partition coefficient (Wildman–Crippen LogP) is 18.0. The normalized spacial score (nSPS) is 14.0. The van der Waals surface area contributed by atoms with Crippen molar-refractivity contribution in [2.24, 2.45) is 0 Å². The van der Waals surface area contributed by atoms with Crippen LogP contribution in [0.1, 0.15) is 218 Å². The van der Waals surface area contributed by atoms with Crippen molar-refractivity contribution in [3.63, 3.8) is 0 Å². The first-order valence-electron chi connectivity index (χ1n) is 28.9. The highest BCUT2D eigenvalue weighted by atomic mass is 35.5. The van der Waals surface area contributed by atoms with Gasteiger partial charge in [0.2, 0.25) is 0 Å². The van der Waals surface area contributed by atoms with E-state index in [9.17, 15) is 9.90 Å². The molecular weight excluding hydrogens is 1090 g/mol. The largest absolute Gasteiger partial charge is 0.506 e. The van der Waals surface area contributed by atoms with E-state index in [2.05, 4.69) is 239 Å². The van der Waals surface area contributed by atoms with Crippen LogP contribution in [0.4, 0.5) is 0 Å². The maximum Gasteiger partial charge on any atom is 0.346 e. The third-order valence-electron chi connectivity index (χ3n) is 16.0. The molecule has 0 aromatic heterocycles. The predicted molar refractivity (Wildman–Crippen MR) is 354 cm³/mol. The lowest BCUT2D eigenvalue weighted by Gasteiger charge is -2.34. The summed E-state index contributed by atoms with van der Waals surface area (Å²) >= 11 is 14.9. The molecule has 6 nitrogen and oxygen atoms in total. The smallest absolute Gasteiger partial charge is 0.346 e. The number of hydrogen-bond donors (Lipinski definition) is 1. The molecule has 0 saturated heterocycles. The summed E-state index contributed by atoms with van der Waals surface area (Å²) in [5.41, 5.74) is 4.73. The van der Waals surface area contributed by atoms with E-state index in [0.29, 0.717) is 21.2 Å². The molecule has 0 spiro atoms. The van der Waals surface area contributed by atoms with Crippen molar-refractivity contribution in [3.8, 4) is 22.6 Å². The standard InChI is InChI=1S/C72H96Cl2O6P2/c1-43(64(76)79-26)80-63-57(74)28-30-59(82(78,54-39-48(69(14,15)16)33-49(40-54)70(17,18)19)55-41-50(71(20,21)22)34-51(42-55)72(23,24)25)61(63)60-58(29-27-56(73)62(60)75)81(77,52-35-44(65(2,3)4)31-45(36-52)66(5,6)7)53-37-46(67(8,9)10)32-47(38-53)68(11,12)13/h27-43,75H,1-26H3/t43-/m0/s1. The molecule has 0 radical (unpaired) electrons. The lowest BCUT2D eigenvalue weighted by molar-refractivity contribution is -0.147. The zero-order chi connectivity index (χ0) is 62.4. The van der Waals surface area contributed by atoms with Crippen LogP contribution in [-0.4, -0.2) is 24.3 Å². The number of halogens is 2. The third-order valence-corrected chi connectivity index (χ3v) is 22.7. The number of phenols is 1. The molecule has 0 bridgehead atoms. The first kappa shape index (κ1) is 66.6. The molecular formula is C72H96Cl2O6P2. The van der Waals surface area contributed by atoms with Gasteiger partial charge in [0, 0.05) is 43.0 Å². The molecule has 1 atom stereocenters. The highest BCUT2D eigenvalue weighted by Crippen LogP contribution is 2.57. The van der Waals surface area contributed by atoms with Gasteiger partial charge in [-0.05, 0) is 168 Å². The Labute approximate surface area is 504 Å². The Hall–Kier alpha value is -4.57. The highest BCUT2D eigenvalue weighted by Gasteiger charge is 2.44. The summed E-state index contributed by atoms with van der Waals surface area (Å²) in [6, 6.07) is 32.1. The zero-order valence-corrected chi connectivity index (χ0v) is 57.8. The van der Waals surface area contributed by atoms with Gasteiger partial charge in [-0.1, -0.05) is 214 Å². The Kier molecular flexibility index (Phi) is 18.2. The fourth-order valence-corrected chi connectivity index (χ4v) is 16.4. The maximum atomic E-state index is 18.6. The van der Waals surface area contributed by atoms with Gasteiger partial charge in [-0.3, -0.25) is 0 Å². The summed E-state index contributed by atoms with van der Waals surface area (Å²) in [4.78, 5) is 13.7. The van der Waals surface area contributed by atoms with Crippen molar-refractivity contribution in [3.05, 3.63) is 152 Å². The maximum absolute atomic E-state index is 18.6. The number of phenolic OH excluding ortho intramolecular Hbond substituents is 1. The molecule has 0 amide bonds. The Balaban J connectivity index is 2.08. The van der Waals surface area contributed by atoms with E-state index in [0.717, 1.165) is 44.5 Å². The minimum absolute atomic E-state index is 0.0172. The van der Waals surface area contributed by atoms with E-state index < -0.39 is 75.4 Å². The van der Waals surface area contributed by atoms with E-state index in [1.807, 2.05) is 0 Å². The molecule has 82 heavy (non-hydrogen) atoms. The topological polar surface area (TPSA) is 89.9 Å². The number of carbonyl (C=O) groups is 1. The summed E-state index contributed by atoms with van der Waals surface area (Å²) < 4.78 is 49.3. The highest BCUT2D eigenvalue weighted by molar-refractivity contribution is 7.86. The van der Waals surface area contributed by atoms with E-state index >= 15 is 9.13 Å². The summed E-state index contributed by atoms with van der Waals surface area (Å²) in [5.74, 6) is -1.18. The number of ether oxygens (including phenoxy) is 2. The van der Waals surface area contributed by atoms with Crippen LogP contribution < -0.4 is 36.6 Å². The molecule has 0 aliphatic rings. The van der Waals surface area contributed by atoms with E-state index in [1.54, 1.807) is 31.2 Å². The molecule has 0 aliphatic heterocycles. The number of methoxy groups -OCH3 is 1. The molecule has 0 aliphatic carbocycles. The monoisotopic (exact) mass is 1190 g/mol. The molecule has 6 rings (SSSR count). The number of carbonyl (C=O) groups excluding carboxylic acids is 1. The number of benzene rings is 6. The van der Waals surface area contributed by atoms with Gasteiger partial charge in [0.15, 0.2) is 20.4 Å². The molecule has 444 valence electrons. The minimum atomic E-state index is -4.36. The van der Waals surface area contributed by atoms with Crippen LogP contribution in [0.5, 0.6) is 11.5 Å². The van der Waals surface area contributed by atoms with Crippen molar-refractivity contribution in [1.82, 2.24) is 0 Å². The Morgan fingerprint density at radius 2 is 0.634 bits per heavy atom. The molecule has 0 fully saturated rings. The van der Waals surface area contributed by atoms with Crippen molar-refractivity contribution in [2.75, 3.05) is 7.11 Å². The second kappa shape index (κ2) is 22.4. The Morgan fingerprint density at radius 3 is 0.866 bits per heavy atom. The SMILES string of the molecule is COC(=O)[C@H](C)Oc1c(Cl)ccc(P(=O)(c2cc(C(C)(C)C)cc(C(C)(C)C)c2)c2cc(C(C)(C)C)cc(C(C)(C)C)c2)c1-c1c(P(=O)(c2cc(C(C)(C)C)cc(C(C)(C)C)c2)c2cc(C(C)(C)C)cc(C(C)(C)C)c2)ccc(Cl)c1O. The zero-order valence-electron chi connectivity index (χ0n) is 54.5. The average molecular weight is 1190 g/mol. The van der Waals surface area contributed by atoms with Crippen LogP contribution in [0.3, 0.4) is 0 Å². The minimum Gasteiger partial charge on any atom is -0.506 e. The van der Waals surface area contributed by atoms with Crippen LogP contribution in [0.15, 0.2) is 97.1 Å². The van der Waals surface area contributed by atoms with E-state index in [1.165, 1.54) is 7.11 Å². The van der Waals surface area contributed by atoms with Crippen LogP contribution in [0.25, 0.3) is 11.1 Å². The summed E-state index contributed by atoms with van der Waals surface area (Å²) in [6.45, 7) is 53.3. The molecule has 10 heteroatoms. The third kappa shape index (κ3) is 13.6. The fraction of sp³-hybridized carbons (Fsp3) is 0.486. The van der Waals surface area contributed by atoms with Gasteiger partial charge < -0.3 is 23.7 Å². The van der Waals surface area contributed by atoms with Gasteiger partial charge >= 0.3 is 5.97 Å². The van der Waals surface area contributed by atoms with E-state index in [-0.39, 0.29) is 37.5 Å². The summed E-state index contributed by atoms with van der Waals surface area (Å²) in [5, 5.41) is 16.0. The second-order valence-electron chi connectivity index (χ2n) is 31.1. The molecule has 6 aromatic rings. The second-order valence-corrected chi connectivity index (χ2v) is 37.4. The molecule has 0 saturated carbocycles. The van der Waals surface area contributed by atoms with Gasteiger partial charge in [-0.25, -0.2) is 4.79 Å². The Bertz CT molecular complexity index is 3240. The number of esters is 1. The van der Waals surface area contributed by atoms with Gasteiger partial charge in [0.1, 0.15) is 11.5 Å². The van der Waals surface area contributed by atoms with Crippen LogP contribution in [-0.2, 0) is 62.0 Å². The van der Waals surface area contributed by atoms with Crippen LogP contribution >= 0.6 is 37.5 Å². The van der Waals surface area contributed by atoms with Crippen molar-refractivity contribution < 1.29 is 28.5 Å². The van der Waals surface area contributed by atoms with Crippen molar-refractivity contribution in [2.45, 2.75) is 223 Å². The van der Waals surface area contributed by atoms with Gasteiger partial charge in [-0.15, -0.1) is 0 Å². The van der Waals surface area contributed by atoms with Gasteiger partial charge in [0.05, 0.1) is 17.2 Å². The first-order valence-corrected chi connectivity index (χ1v) is 33.1. The van der Waals surface area contributed by atoms with Crippen LogP contribution in [0, 0.1) is 0 Å².